The Morgan fingerprint density at radius 1 is 1.24 bits per heavy atom. The molecule has 0 radical (unpaired) electrons. The largest absolute Gasteiger partial charge is 0.370 e. The number of halogens is 1. The summed E-state index contributed by atoms with van der Waals surface area (Å²) >= 11 is 1.75. The van der Waals surface area contributed by atoms with Crippen molar-refractivity contribution in [1.29, 1.82) is 0 Å². The molecule has 0 fully saturated rings. The zero-order valence-electron chi connectivity index (χ0n) is 15.4. The van der Waals surface area contributed by atoms with Crippen molar-refractivity contribution < 1.29 is 0 Å². The first kappa shape index (κ1) is 21.9. The molecular formula is C19H29IN4S. The number of benzene rings is 1. The van der Waals surface area contributed by atoms with Crippen molar-refractivity contribution in [3.05, 3.63) is 52.2 Å². The SMILES string of the molecule is CCC(C)c1ccc(NC(N)=NCC(c2cccs2)N(C)C)cc1.I. The predicted octanol–water partition coefficient (Wildman–Crippen LogP) is 4.91. The van der Waals surface area contributed by atoms with E-state index in [-0.39, 0.29) is 30.0 Å². The lowest BCUT2D eigenvalue weighted by molar-refractivity contribution is 0.311. The van der Waals surface area contributed by atoms with Crippen LogP contribution in [-0.4, -0.2) is 31.5 Å². The molecule has 2 unspecified atom stereocenters. The number of anilines is 1. The van der Waals surface area contributed by atoms with E-state index in [1.165, 1.54) is 10.4 Å². The fourth-order valence-electron chi connectivity index (χ4n) is 2.49. The number of likely N-dealkylation sites (N-methyl/N-ethyl adjacent to an activating group) is 1. The second-order valence-electron chi connectivity index (χ2n) is 6.28. The highest BCUT2D eigenvalue weighted by molar-refractivity contribution is 14.0. The molecule has 1 aromatic heterocycles. The Balaban J connectivity index is 0.00000312. The number of thiophene rings is 1. The number of aliphatic imine (C=N–C) groups is 1. The lowest BCUT2D eigenvalue weighted by atomic mass is 9.99. The summed E-state index contributed by atoms with van der Waals surface area (Å²) in [7, 11) is 4.13. The maximum absolute atomic E-state index is 6.06. The Hall–Kier alpha value is -1.12. The lowest BCUT2D eigenvalue weighted by Gasteiger charge is -2.21. The van der Waals surface area contributed by atoms with Crippen LogP contribution in [-0.2, 0) is 0 Å². The van der Waals surface area contributed by atoms with Gasteiger partial charge in [-0.05, 0) is 55.6 Å². The molecule has 2 aromatic rings. The van der Waals surface area contributed by atoms with E-state index in [2.05, 4.69) is 84.9 Å². The van der Waals surface area contributed by atoms with E-state index in [4.69, 9.17) is 5.73 Å². The van der Waals surface area contributed by atoms with Crippen molar-refractivity contribution in [3.63, 3.8) is 0 Å². The fraction of sp³-hybridized carbons (Fsp3) is 0.421. The van der Waals surface area contributed by atoms with Gasteiger partial charge in [-0.1, -0.05) is 32.0 Å². The Labute approximate surface area is 172 Å². The summed E-state index contributed by atoms with van der Waals surface area (Å²) in [6.07, 6.45) is 1.14. The van der Waals surface area contributed by atoms with Crippen molar-refractivity contribution in [3.8, 4) is 0 Å². The number of hydrogen-bond acceptors (Lipinski definition) is 3. The number of nitrogens with one attached hydrogen (secondary N) is 1. The molecule has 0 bridgehead atoms. The van der Waals surface area contributed by atoms with E-state index in [1.54, 1.807) is 11.3 Å². The first-order valence-corrected chi connectivity index (χ1v) is 9.26. The Bertz CT molecular complexity index is 638. The number of guanidine groups is 1. The Morgan fingerprint density at radius 2 is 1.92 bits per heavy atom. The van der Waals surface area contributed by atoms with Crippen molar-refractivity contribution in [2.75, 3.05) is 26.0 Å². The van der Waals surface area contributed by atoms with Crippen LogP contribution in [0.4, 0.5) is 5.69 Å². The van der Waals surface area contributed by atoms with Crippen LogP contribution in [0.25, 0.3) is 0 Å². The molecule has 138 valence electrons. The molecule has 4 nitrogen and oxygen atoms in total. The lowest BCUT2D eigenvalue weighted by Crippen LogP contribution is -2.26. The first-order valence-electron chi connectivity index (χ1n) is 8.38. The van der Waals surface area contributed by atoms with Crippen molar-refractivity contribution in [2.45, 2.75) is 32.2 Å². The van der Waals surface area contributed by atoms with E-state index in [9.17, 15) is 0 Å². The topological polar surface area (TPSA) is 53.6 Å². The van der Waals surface area contributed by atoms with Crippen LogP contribution in [0.2, 0.25) is 0 Å². The van der Waals surface area contributed by atoms with Gasteiger partial charge in [-0.2, -0.15) is 0 Å². The smallest absolute Gasteiger partial charge is 0.193 e. The summed E-state index contributed by atoms with van der Waals surface area (Å²) in [5.41, 5.74) is 8.38. The number of nitrogens with two attached hydrogens (primary N) is 1. The third kappa shape index (κ3) is 6.60. The van der Waals surface area contributed by atoms with Gasteiger partial charge in [0.05, 0.1) is 12.6 Å². The quantitative estimate of drug-likeness (QED) is 0.342. The third-order valence-electron chi connectivity index (χ3n) is 4.29. The normalized spacial score (nSPS) is 14.0. The van der Waals surface area contributed by atoms with Gasteiger partial charge in [0, 0.05) is 10.6 Å². The molecule has 1 aromatic carbocycles. The van der Waals surface area contributed by atoms with Crippen LogP contribution >= 0.6 is 35.3 Å². The molecule has 2 rings (SSSR count). The van der Waals surface area contributed by atoms with Gasteiger partial charge in [0.2, 0.25) is 0 Å². The molecule has 3 N–H and O–H groups in total. The number of hydrogen-bond donors (Lipinski definition) is 2. The van der Waals surface area contributed by atoms with Crippen LogP contribution in [0.3, 0.4) is 0 Å². The summed E-state index contributed by atoms with van der Waals surface area (Å²) < 4.78 is 0. The second kappa shape index (κ2) is 10.8. The average molecular weight is 472 g/mol. The standard InChI is InChI=1S/C19H28N4S.HI/c1-5-14(2)15-8-10-16(11-9-15)22-19(20)21-13-17(23(3)4)18-7-6-12-24-18;/h6-12,14,17H,5,13H2,1-4H3,(H3,20,21,22);1H. The van der Waals surface area contributed by atoms with Crippen LogP contribution in [0, 0.1) is 0 Å². The highest BCUT2D eigenvalue weighted by Gasteiger charge is 2.14. The summed E-state index contributed by atoms with van der Waals surface area (Å²) in [4.78, 5) is 7.99. The molecule has 0 saturated carbocycles. The van der Waals surface area contributed by atoms with E-state index >= 15 is 0 Å². The van der Waals surface area contributed by atoms with Gasteiger partial charge in [0.1, 0.15) is 0 Å². The Kier molecular flexibility index (Phi) is 9.45. The van der Waals surface area contributed by atoms with Crippen LogP contribution < -0.4 is 11.1 Å². The van der Waals surface area contributed by atoms with E-state index in [0.717, 1.165) is 12.1 Å². The van der Waals surface area contributed by atoms with Gasteiger partial charge in [-0.15, -0.1) is 35.3 Å². The summed E-state index contributed by atoms with van der Waals surface area (Å²) in [6, 6.07) is 12.9. The number of nitrogens with zero attached hydrogens (tertiary/aromatic N) is 2. The second-order valence-corrected chi connectivity index (χ2v) is 7.26. The highest BCUT2D eigenvalue weighted by Crippen LogP contribution is 2.23. The monoisotopic (exact) mass is 472 g/mol. The maximum Gasteiger partial charge on any atom is 0.193 e. The van der Waals surface area contributed by atoms with Gasteiger partial charge >= 0.3 is 0 Å². The van der Waals surface area contributed by atoms with Gasteiger partial charge < -0.3 is 16.0 Å². The molecule has 25 heavy (non-hydrogen) atoms. The van der Waals surface area contributed by atoms with Crippen LogP contribution in [0.1, 0.15) is 42.7 Å². The molecule has 0 aliphatic carbocycles. The van der Waals surface area contributed by atoms with Crippen molar-refractivity contribution >= 4 is 47.0 Å². The molecule has 1 heterocycles. The van der Waals surface area contributed by atoms with E-state index < -0.39 is 0 Å². The summed E-state index contributed by atoms with van der Waals surface area (Å²) in [5.74, 6) is 1.03. The highest BCUT2D eigenvalue weighted by atomic mass is 127. The van der Waals surface area contributed by atoms with Gasteiger partial charge in [0.15, 0.2) is 5.96 Å². The molecule has 0 saturated heterocycles. The Morgan fingerprint density at radius 3 is 2.44 bits per heavy atom. The molecule has 0 aliphatic rings. The minimum Gasteiger partial charge on any atom is -0.370 e. The van der Waals surface area contributed by atoms with Gasteiger partial charge in [0.25, 0.3) is 0 Å². The average Bonchev–Trinajstić information content (AvgIpc) is 3.09. The molecule has 2 atom stereocenters. The van der Waals surface area contributed by atoms with E-state index in [0.29, 0.717) is 18.4 Å². The third-order valence-corrected chi connectivity index (χ3v) is 5.27. The van der Waals surface area contributed by atoms with E-state index in [1.807, 2.05) is 0 Å². The summed E-state index contributed by atoms with van der Waals surface area (Å²) in [6.45, 7) is 5.08. The van der Waals surface area contributed by atoms with Crippen LogP contribution in [0.15, 0.2) is 46.8 Å². The van der Waals surface area contributed by atoms with Gasteiger partial charge in [-0.25, -0.2) is 0 Å². The molecule has 6 heteroatoms. The minimum absolute atomic E-state index is 0. The first-order chi connectivity index (χ1) is 11.5. The van der Waals surface area contributed by atoms with Crippen molar-refractivity contribution in [1.82, 2.24) is 4.90 Å². The van der Waals surface area contributed by atoms with Gasteiger partial charge in [-0.3, -0.25) is 4.99 Å². The maximum atomic E-state index is 6.06. The molecule has 0 spiro atoms. The molecule has 0 aliphatic heterocycles. The summed E-state index contributed by atoms with van der Waals surface area (Å²) in [5, 5.41) is 5.27. The number of rotatable bonds is 7. The molecular weight excluding hydrogens is 443 g/mol. The van der Waals surface area contributed by atoms with Crippen LogP contribution in [0.5, 0.6) is 0 Å². The zero-order valence-corrected chi connectivity index (χ0v) is 18.5. The fourth-order valence-corrected chi connectivity index (χ4v) is 3.41. The minimum atomic E-state index is 0. The zero-order chi connectivity index (χ0) is 17.5. The predicted molar refractivity (Wildman–Crippen MR) is 121 cm³/mol. The molecule has 0 amide bonds. The van der Waals surface area contributed by atoms with Crippen molar-refractivity contribution in [2.24, 2.45) is 10.7 Å².